The number of benzene rings is 1. The van der Waals surface area contributed by atoms with Crippen molar-refractivity contribution in [3.63, 3.8) is 0 Å². The predicted octanol–water partition coefficient (Wildman–Crippen LogP) is 3.35. The highest BCUT2D eigenvalue weighted by Gasteiger charge is 2.05. The van der Waals surface area contributed by atoms with Gasteiger partial charge in [-0.2, -0.15) is 4.98 Å². The maximum atomic E-state index is 4.92. The number of rotatable bonds is 1. The first-order valence-electron chi connectivity index (χ1n) is 4.46. The molecule has 0 bridgehead atoms. The van der Waals surface area contributed by atoms with Gasteiger partial charge in [0, 0.05) is 4.70 Å². The number of fused-ring (bicyclic) bond motifs is 1. The summed E-state index contributed by atoms with van der Waals surface area (Å²) in [5.41, 5.74) is 0. The number of nitrogens with zero attached hydrogens (tertiary/aromatic N) is 1. The molecule has 0 radical (unpaired) electrons. The molecule has 0 atom stereocenters. The number of H-pyrrole nitrogens is 2. The molecule has 3 rings (SSSR count). The van der Waals surface area contributed by atoms with Gasteiger partial charge in [0.2, 0.25) is 4.77 Å². The van der Waals surface area contributed by atoms with Crippen LogP contribution in [0.25, 0.3) is 20.8 Å². The predicted molar refractivity (Wildman–Crippen MR) is 64.6 cm³/mol. The van der Waals surface area contributed by atoms with Crippen LogP contribution < -0.4 is 0 Å². The molecule has 3 aromatic rings. The SMILES string of the molecule is S=c1nc(-c2cc3ccccc3s2)[nH][nH]1. The lowest BCUT2D eigenvalue weighted by atomic mass is 10.2. The summed E-state index contributed by atoms with van der Waals surface area (Å²) >= 11 is 6.62. The molecule has 0 aliphatic carbocycles. The molecule has 15 heavy (non-hydrogen) atoms. The van der Waals surface area contributed by atoms with E-state index < -0.39 is 0 Å². The summed E-state index contributed by atoms with van der Waals surface area (Å²) in [5.74, 6) is 0.807. The van der Waals surface area contributed by atoms with Crippen molar-refractivity contribution < 1.29 is 0 Å². The van der Waals surface area contributed by atoms with Crippen LogP contribution >= 0.6 is 23.6 Å². The van der Waals surface area contributed by atoms with Gasteiger partial charge in [0.25, 0.3) is 0 Å². The number of hydrogen-bond donors (Lipinski definition) is 2. The van der Waals surface area contributed by atoms with E-state index in [1.807, 2.05) is 12.1 Å². The number of aromatic nitrogens is 3. The van der Waals surface area contributed by atoms with Gasteiger partial charge in [-0.1, -0.05) is 18.2 Å². The second-order valence-electron chi connectivity index (χ2n) is 3.16. The van der Waals surface area contributed by atoms with Crippen molar-refractivity contribution in [1.82, 2.24) is 15.2 Å². The highest BCUT2D eigenvalue weighted by molar-refractivity contribution is 7.71. The summed E-state index contributed by atoms with van der Waals surface area (Å²) in [7, 11) is 0. The van der Waals surface area contributed by atoms with E-state index >= 15 is 0 Å². The Labute approximate surface area is 94.8 Å². The van der Waals surface area contributed by atoms with Crippen molar-refractivity contribution in [2.45, 2.75) is 0 Å². The molecule has 0 saturated carbocycles. The lowest BCUT2D eigenvalue weighted by Crippen LogP contribution is -1.73. The van der Waals surface area contributed by atoms with Crippen LogP contribution in [0.4, 0.5) is 0 Å². The molecule has 2 aromatic heterocycles. The van der Waals surface area contributed by atoms with Crippen LogP contribution in [0.1, 0.15) is 0 Å². The highest BCUT2D eigenvalue weighted by Crippen LogP contribution is 2.30. The van der Waals surface area contributed by atoms with Crippen molar-refractivity contribution in [2.75, 3.05) is 0 Å². The van der Waals surface area contributed by atoms with Crippen LogP contribution in [0.3, 0.4) is 0 Å². The minimum Gasteiger partial charge on any atom is -0.281 e. The lowest BCUT2D eigenvalue weighted by molar-refractivity contribution is 1.08. The minimum atomic E-state index is 0.488. The van der Waals surface area contributed by atoms with Crippen LogP contribution in [-0.2, 0) is 0 Å². The third-order valence-electron chi connectivity index (χ3n) is 2.16. The monoisotopic (exact) mass is 233 g/mol. The molecule has 0 aliphatic heterocycles. The largest absolute Gasteiger partial charge is 0.281 e. The molecule has 2 N–H and O–H groups in total. The topological polar surface area (TPSA) is 44.5 Å². The van der Waals surface area contributed by atoms with E-state index in [9.17, 15) is 0 Å². The smallest absolute Gasteiger partial charge is 0.213 e. The summed E-state index contributed by atoms with van der Waals surface area (Å²) in [5, 5.41) is 6.99. The second kappa shape index (κ2) is 3.29. The zero-order valence-electron chi connectivity index (χ0n) is 7.65. The Morgan fingerprint density at radius 2 is 2.07 bits per heavy atom. The molecule has 0 aliphatic rings. The number of thiophene rings is 1. The normalized spacial score (nSPS) is 10.9. The zero-order valence-corrected chi connectivity index (χ0v) is 9.28. The summed E-state index contributed by atoms with van der Waals surface area (Å²) in [6.45, 7) is 0. The third-order valence-corrected chi connectivity index (χ3v) is 3.48. The van der Waals surface area contributed by atoms with Gasteiger partial charge in [0.05, 0.1) is 4.88 Å². The Bertz CT molecular complexity index is 629. The quantitative estimate of drug-likeness (QED) is 0.633. The number of hydrogen-bond acceptors (Lipinski definition) is 3. The van der Waals surface area contributed by atoms with E-state index in [4.69, 9.17) is 12.2 Å². The van der Waals surface area contributed by atoms with Crippen LogP contribution in [0.2, 0.25) is 0 Å². The molecular weight excluding hydrogens is 226 g/mol. The standard InChI is InChI=1S/C10H7N3S2/c14-10-11-9(12-13-10)8-5-6-3-1-2-4-7(6)15-8/h1-5H,(H2,11,12,13,14). The Morgan fingerprint density at radius 3 is 2.80 bits per heavy atom. The summed E-state index contributed by atoms with van der Waals surface area (Å²) < 4.78 is 1.75. The maximum absolute atomic E-state index is 4.92. The summed E-state index contributed by atoms with van der Waals surface area (Å²) in [4.78, 5) is 5.29. The molecule has 0 unspecified atom stereocenters. The van der Waals surface area contributed by atoms with Crippen molar-refractivity contribution in [2.24, 2.45) is 0 Å². The van der Waals surface area contributed by atoms with Crippen LogP contribution in [0, 0.1) is 4.77 Å². The first kappa shape index (κ1) is 8.82. The van der Waals surface area contributed by atoms with E-state index in [0.717, 1.165) is 10.7 Å². The van der Waals surface area contributed by atoms with Gasteiger partial charge in [0.15, 0.2) is 5.82 Å². The second-order valence-corrected chi connectivity index (χ2v) is 4.63. The van der Waals surface area contributed by atoms with E-state index in [1.54, 1.807) is 11.3 Å². The summed E-state index contributed by atoms with van der Waals surface area (Å²) in [6.07, 6.45) is 0. The Kier molecular flexibility index (Phi) is 1.93. The van der Waals surface area contributed by atoms with Crippen LogP contribution in [0.5, 0.6) is 0 Å². The highest BCUT2D eigenvalue weighted by atomic mass is 32.1. The van der Waals surface area contributed by atoms with Crippen LogP contribution in [-0.4, -0.2) is 15.2 Å². The molecule has 0 amide bonds. The minimum absolute atomic E-state index is 0.488. The molecule has 0 saturated heterocycles. The molecule has 74 valence electrons. The first-order valence-corrected chi connectivity index (χ1v) is 5.69. The van der Waals surface area contributed by atoms with Crippen molar-refractivity contribution >= 4 is 33.6 Å². The molecule has 0 fully saturated rings. The number of nitrogens with one attached hydrogen (secondary N) is 2. The fourth-order valence-electron chi connectivity index (χ4n) is 1.49. The Hall–Kier alpha value is -1.46. The van der Waals surface area contributed by atoms with Gasteiger partial charge in [0.1, 0.15) is 0 Å². The van der Waals surface area contributed by atoms with Crippen molar-refractivity contribution in [3.8, 4) is 10.7 Å². The van der Waals surface area contributed by atoms with Gasteiger partial charge in [-0.25, -0.2) is 0 Å². The Morgan fingerprint density at radius 1 is 1.20 bits per heavy atom. The fraction of sp³-hybridized carbons (Fsp3) is 0. The summed E-state index contributed by atoms with van der Waals surface area (Å²) in [6, 6.07) is 10.4. The molecule has 2 heterocycles. The molecule has 3 nitrogen and oxygen atoms in total. The van der Waals surface area contributed by atoms with Gasteiger partial charge in [-0.3, -0.25) is 10.2 Å². The van der Waals surface area contributed by atoms with E-state index in [2.05, 4.69) is 33.4 Å². The van der Waals surface area contributed by atoms with E-state index in [1.165, 1.54) is 10.1 Å². The van der Waals surface area contributed by atoms with Gasteiger partial charge in [-0.15, -0.1) is 11.3 Å². The molecule has 5 heteroatoms. The molecule has 0 spiro atoms. The van der Waals surface area contributed by atoms with Gasteiger partial charge in [-0.05, 0) is 29.7 Å². The maximum Gasteiger partial charge on any atom is 0.213 e. The van der Waals surface area contributed by atoms with Gasteiger partial charge < -0.3 is 0 Å². The third kappa shape index (κ3) is 1.49. The zero-order chi connectivity index (χ0) is 10.3. The van der Waals surface area contributed by atoms with Crippen LogP contribution in [0.15, 0.2) is 30.3 Å². The molecule has 1 aromatic carbocycles. The first-order chi connectivity index (χ1) is 7.33. The van der Waals surface area contributed by atoms with E-state index in [-0.39, 0.29) is 0 Å². The van der Waals surface area contributed by atoms with Gasteiger partial charge >= 0.3 is 0 Å². The average Bonchev–Trinajstić information content (AvgIpc) is 2.82. The van der Waals surface area contributed by atoms with Crippen molar-refractivity contribution in [3.05, 3.63) is 35.1 Å². The molecular formula is C10H7N3S2. The van der Waals surface area contributed by atoms with Crippen molar-refractivity contribution in [1.29, 1.82) is 0 Å². The average molecular weight is 233 g/mol. The van der Waals surface area contributed by atoms with E-state index in [0.29, 0.717) is 4.77 Å². The number of aromatic amines is 2. The lowest BCUT2D eigenvalue weighted by Gasteiger charge is -1.84. The Balaban J connectivity index is 2.24. The fourth-order valence-corrected chi connectivity index (χ4v) is 2.64.